The number of hydrogen-bond donors (Lipinski definition) is 0. The van der Waals surface area contributed by atoms with Crippen molar-refractivity contribution in [3.05, 3.63) is 49.4 Å². The van der Waals surface area contributed by atoms with Gasteiger partial charge in [0.15, 0.2) is 5.78 Å². The topological polar surface area (TPSA) is 30.0 Å². The van der Waals surface area contributed by atoms with Crippen molar-refractivity contribution in [2.45, 2.75) is 27.2 Å². The van der Waals surface area contributed by atoms with Gasteiger partial charge in [-0.15, -0.1) is 11.3 Å². The predicted molar refractivity (Wildman–Crippen MR) is 78.5 cm³/mol. The van der Waals surface area contributed by atoms with Crippen molar-refractivity contribution in [3.8, 4) is 0 Å². The summed E-state index contributed by atoms with van der Waals surface area (Å²) in [5.41, 5.74) is 2.80. The summed E-state index contributed by atoms with van der Waals surface area (Å²) < 4.78 is 0.933. The highest BCUT2D eigenvalue weighted by molar-refractivity contribution is 9.10. The van der Waals surface area contributed by atoms with Crippen molar-refractivity contribution >= 4 is 33.0 Å². The first-order valence-corrected chi connectivity index (χ1v) is 7.30. The largest absolute Gasteiger partial charge is 0.294 e. The van der Waals surface area contributed by atoms with Gasteiger partial charge in [-0.25, -0.2) is 4.98 Å². The molecule has 2 aromatic rings. The van der Waals surface area contributed by atoms with Gasteiger partial charge >= 0.3 is 0 Å². The Labute approximate surface area is 119 Å². The molecule has 0 aliphatic heterocycles. The second-order valence-electron chi connectivity index (χ2n) is 4.31. The van der Waals surface area contributed by atoms with Crippen LogP contribution in [0.2, 0.25) is 0 Å². The number of aromatic nitrogens is 1. The first-order valence-electron chi connectivity index (χ1n) is 5.69. The van der Waals surface area contributed by atoms with E-state index in [2.05, 4.69) is 20.9 Å². The molecule has 0 aliphatic carbocycles. The molecular weight excluding hydrogens is 310 g/mol. The van der Waals surface area contributed by atoms with Crippen molar-refractivity contribution in [3.63, 3.8) is 0 Å². The summed E-state index contributed by atoms with van der Waals surface area (Å²) in [4.78, 5) is 17.9. The molecule has 1 aromatic carbocycles. The van der Waals surface area contributed by atoms with Crippen LogP contribution in [0, 0.1) is 20.8 Å². The number of carbonyl (C=O) groups is 1. The minimum Gasteiger partial charge on any atom is -0.294 e. The van der Waals surface area contributed by atoms with Crippen LogP contribution in [0.25, 0.3) is 0 Å². The molecule has 0 spiro atoms. The summed E-state index contributed by atoms with van der Waals surface area (Å²) in [5.74, 6) is 0.127. The third-order valence-electron chi connectivity index (χ3n) is 2.88. The van der Waals surface area contributed by atoms with Crippen LogP contribution in [0.1, 0.15) is 31.5 Å². The number of thiazole rings is 1. The smallest absolute Gasteiger partial charge is 0.169 e. The van der Waals surface area contributed by atoms with Crippen LogP contribution in [0.4, 0.5) is 0 Å². The summed E-state index contributed by atoms with van der Waals surface area (Å²) in [5, 5.41) is 0.898. The van der Waals surface area contributed by atoms with Crippen LogP contribution in [-0.2, 0) is 6.42 Å². The molecule has 4 heteroatoms. The third-order valence-corrected chi connectivity index (χ3v) is 4.45. The van der Waals surface area contributed by atoms with Crippen molar-refractivity contribution in [2.75, 3.05) is 0 Å². The lowest BCUT2D eigenvalue weighted by Gasteiger charge is -2.04. The molecule has 0 fully saturated rings. The van der Waals surface area contributed by atoms with Crippen LogP contribution >= 0.6 is 27.3 Å². The fourth-order valence-electron chi connectivity index (χ4n) is 1.74. The van der Waals surface area contributed by atoms with Gasteiger partial charge in [-0.3, -0.25) is 4.79 Å². The number of carbonyl (C=O) groups excluding carboxylic acids is 1. The maximum absolute atomic E-state index is 12.3. The Kier molecular flexibility index (Phi) is 3.97. The van der Waals surface area contributed by atoms with Gasteiger partial charge in [-0.05, 0) is 38.5 Å². The molecule has 2 rings (SSSR count). The van der Waals surface area contributed by atoms with Crippen molar-refractivity contribution in [2.24, 2.45) is 0 Å². The van der Waals surface area contributed by atoms with E-state index in [0.717, 1.165) is 26.3 Å². The van der Waals surface area contributed by atoms with Crippen molar-refractivity contribution < 1.29 is 4.79 Å². The highest BCUT2D eigenvalue weighted by Crippen LogP contribution is 2.21. The van der Waals surface area contributed by atoms with Gasteiger partial charge < -0.3 is 0 Å². The lowest BCUT2D eigenvalue weighted by Crippen LogP contribution is -2.05. The normalized spacial score (nSPS) is 10.7. The summed E-state index contributed by atoms with van der Waals surface area (Å²) in [6.45, 7) is 5.97. The van der Waals surface area contributed by atoms with E-state index < -0.39 is 0 Å². The summed E-state index contributed by atoms with van der Waals surface area (Å²) in [6, 6.07) is 5.78. The second kappa shape index (κ2) is 5.33. The molecule has 1 heterocycles. The summed E-state index contributed by atoms with van der Waals surface area (Å²) in [6.07, 6.45) is 0.386. The molecule has 1 aromatic heterocycles. The summed E-state index contributed by atoms with van der Waals surface area (Å²) in [7, 11) is 0. The standard InChI is InChI=1S/C14H14BrNOS/c1-8-4-5-11(15)6-12(8)13(17)7-14-16-9(2)10(3)18-14/h4-6H,7H2,1-3H3. The third kappa shape index (κ3) is 2.87. The zero-order valence-electron chi connectivity index (χ0n) is 10.6. The molecule has 0 aliphatic rings. The van der Waals surface area contributed by atoms with Gasteiger partial charge in [0, 0.05) is 14.9 Å². The number of rotatable bonds is 3. The van der Waals surface area contributed by atoms with E-state index in [1.807, 2.05) is 39.0 Å². The fourth-order valence-corrected chi connectivity index (χ4v) is 3.04. The minimum atomic E-state index is 0.127. The maximum Gasteiger partial charge on any atom is 0.169 e. The highest BCUT2D eigenvalue weighted by Gasteiger charge is 2.13. The maximum atomic E-state index is 12.3. The zero-order chi connectivity index (χ0) is 13.3. The van der Waals surface area contributed by atoms with E-state index in [9.17, 15) is 4.79 Å². The Hall–Kier alpha value is -1.00. The molecule has 0 bridgehead atoms. The number of halogens is 1. The number of Topliss-reactive ketones (excluding diaryl/α,β-unsaturated/α-hetero) is 1. The van der Waals surface area contributed by atoms with Crippen molar-refractivity contribution in [1.82, 2.24) is 4.98 Å². The average Bonchev–Trinajstić information content (AvgIpc) is 2.61. The monoisotopic (exact) mass is 323 g/mol. The minimum absolute atomic E-state index is 0.127. The molecule has 0 N–H and O–H groups in total. The molecule has 2 nitrogen and oxygen atoms in total. The molecule has 18 heavy (non-hydrogen) atoms. The molecule has 0 saturated heterocycles. The number of ketones is 1. The molecule has 0 saturated carbocycles. The second-order valence-corrected chi connectivity index (χ2v) is 6.51. The van der Waals surface area contributed by atoms with E-state index >= 15 is 0 Å². The molecule has 94 valence electrons. The highest BCUT2D eigenvalue weighted by atomic mass is 79.9. The molecule has 0 atom stereocenters. The van der Waals surface area contributed by atoms with E-state index in [1.165, 1.54) is 4.88 Å². The number of hydrogen-bond acceptors (Lipinski definition) is 3. The van der Waals surface area contributed by atoms with Crippen LogP contribution in [-0.4, -0.2) is 10.8 Å². The van der Waals surface area contributed by atoms with E-state index in [0.29, 0.717) is 6.42 Å². The number of aryl methyl sites for hydroxylation is 3. The average molecular weight is 324 g/mol. The Bertz CT molecular complexity index is 584. The lowest BCUT2D eigenvalue weighted by atomic mass is 10.0. The van der Waals surface area contributed by atoms with Gasteiger partial charge in [-0.2, -0.15) is 0 Å². The van der Waals surface area contributed by atoms with Crippen molar-refractivity contribution in [1.29, 1.82) is 0 Å². The van der Waals surface area contributed by atoms with Crippen LogP contribution in [0.15, 0.2) is 22.7 Å². The van der Waals surface area contributed by atoms with Gasteiger partial charge in [0.1, 0.15) is 5.01 Å². The zero-order valence-corrected chi connectivity index (χ0v) is 13.0. The number of benzene rings is 1. The van der Waals surface area contributed by atoms with Gasteiger partial charge in [0.25, 0.3) is 0 Å². The van der Waals surface area contributed by atoms with E-state index in [-0.39, 0.29) is 5.78 Å². The van der Waals surface area contributed by atoms with Gasteiger partial charge in [0.05, 0.1) is 12.1 Å². The van der Waals surface area contributed by atoms with Gasteiger partial charge in [0.2, 0.25) is 0 Å². The molecule has 0 unspecified atom stereocenters. The van der Waals surface area contributed by atoms with Gasteiger partial charge in [-0.1, -0.05) is 22.0 Å². The Morgan fingerprint density at radius 3 is 2.67 bits per heavy atom. The number of nitrogens with zero attached hydrogens (tertiary/aromatic N) is 1. The first-order chi connectivity index (χ1) is 8.47. The molecular formula is C14H14BrNOS. The van der Waals surface area contributed by atoms with Crippen LogP contribution in [0.3, 0.4) is 0 Å². The lowest BCUT2D eigenvalue weighted by molar-refractivity contribution is 0.0992. The summed E-state index contributed by atoms with van der Waals surface area (Å²) >= 11 is 5.00. The fraction of sp³-hybridized carbons (Fsp3) is 0.286. The SMILES string of the molecule is Cc1ccc(Br)cc1C(=O)Cc1nc(C)c(C)s1. The Balaban J connectivity index is 2.24. The molecule has 0 radical (unpaired) electrons. The van der Waals surface area contributed by atoms with E-state index in [1.54, 1.807) is 11.3 Å². The predicted octanol–water partition coefficient (Wildman–Crippen LogP) is 4.26. The first kappa shape index (κ1) is 13.4. The van der Waals surface area contributed by atoms with Crippen LogP contribution in [0.5, 0.6) is 0 Å². The Morgan fingerprint density at radius 2 is 2.06 bits per heavy atom. The van der Waals surface area contributed by atoms with E-state index in [4.69, 9.17) is 0 Å². The Morgan fingerprint density at radius 1 is 1.33 bits per heavy atom. The quantitative estimate of drug-likeness (QED) is 0.790. The molecule has 0 amide bonds. The van der Waals surface area contributed by atoms with Crippen LogP contribution < -0.4 is 0 Å².